The zero-order valence-electron chi connectivity index (χ0n) is 17.3. The Morgan fingerprint density at radius 3 is 2.93 bits per heavy atom. The van der Waals surface area contributed by atoms with Gasteiger partial charge in [-0.2, -0.15) is 10.2 Å². The number of fused-ring (bicyclic) bond motifs is 1. The molecule has 0 N–H and O–H groups in total. The normalized spacial score (nSPS) is 16.6. The lowest BCUT2D eigenvalue weighted by Gasteiger charge is -2.27. The van der Waals surface area contributed by atoms with Gasteiger partial charge in [0, 0.05) is 50.6 Å². The molecule has 4 rings (SSSR count). The molecule has 1 aromatic carbocycles. The first-order valence-electron chi connectivity index (χ1n) is 10.0. The lowest BCUT2D eigenvalue weighted by Crippen LogP contribution is -2.32. The minimum atomic E-state index is -0.0123. The van der Waals surface area contributed by atoms with Crippen LogP contribution in [0.1, 0.15) is 29.8 Å². The van der Waals surface area contributed by atoms with Crippen LogP contribution in [0.5, 0.6) is 5.75 Å². The summed E-state index contributed by atoms with van der Waals surface area (Å²) in [6, 6.07) is 8.70. The fourth-order valence-electron chi connectivity index (χ4n) is 4.16. The van der Waals surface area contributed by atoms with Crippen LogP contribution in [-0.2, 0) is 33.1 Å². The maximum absolute atomic E-state index is 12.2. The molecule has 3 aromatic rings. The van der Waals surface area contributed by atoms with Gasteiger partial charge < -0.3 is 4.74 Å². The van der Waals surface area contributed by atoms with E-state index in [0.717, 1.165) is 49.5 Å². The maximum Gasteiger partial charge on any atom is 0.345 e. The average molecular weight is 396 g/mol. The van der Waals surface area contributed by atoms with Gasteiger partial charge in [0.25, 0.3) is 0 Å². The van der Waals surface area contributed by atoms with E-state index in [1.54, 1.807) is 20.4 Å². The second-order valence-corrected chi connectivity index (χ2v) is 7.72. The van der Waals surface area contributed by atoms with Crippen LogP contribution in [-0.4, -0.2) is 49.2 Å². The zero-order valence-corrected chi connectivity index (χ0v) is 17.3. The summed E-state index contributed by atoms with van der Waals surface area (Å²) in [4.78, 5) is 14.6. The minimum Gasteiger partial charge on any atom is -0.496 e. The van der Waals surface area contributed by atoms with Crippen molar-refractivity contribution < 1.29 is 4.74 Å². The highest BCUT2D eigenvalue weighted by Gasteiger charge is 2.23. The van der Waals surface area contributed by atoms with E-state index in [1.807, 2.05) is 27.6 Å². The summed E-state index contributed by atoms with van der Waals surface area (Å²) in [5.74, 6) is 1.78. The second-order valence-electron chi connectivity index (χ2n) is 7.72. The quantitative estimate of drug-likeness (QED) is 0.634. The molecule has 0 radical (unpaired) electrons. The fourth-order valence-corrected chi connectivity index (χ4v) is 4.16. The third-order valence-electron chi connectivity index (χ3n) is 5.76. The Balaban J connectivity index is 1.45. The molecule has 0 fully saturated rings. The van der Waals surface area contributed by atoms with Crippen LogP contribution in [0.4, 0.5) is 0 Å². The number of nitrogens with zero attached hydrogens (tertiary/aromatic N) is 6. The molecule has 3 heterocycles. The summed E-state index contributed by atoms with van der Waals surface area (Å²) < 4.78 is 10.7. The van der Waals surface area contributed by atoms with E-state index in [2.05, 4.69) is 34.3 Å². The molecule has 0 spiro atoms. The smallest absolute Gasteiger partial charge is 0.345 e. The van der Waals surface area contributed by atoms with E-state index in [0.29, 0.717) is 12.6 Å². The van der Waals surface area contributed by atoms with Gasteiger partial charge in [-0.25, -0.2) is 9.48 Å². The summed E-state index contributed by atoms with van der Waals surface area (Å²) >= 11 is 0. The molecule has 1 aliphatic heterocycles. The van der Waals surface area contributed by atoms with E-state index in [1.165, 1.54) is 10.2 Å². The summed E-state index contributed by atoms with van der Waals surface area (Å²) in [5.41, 5.74) is 2.35. The number of hydrogen-bond acceptors (Lipinski definition) is 5. The monoisotopic (exact) mass is 396 g/mol. The van der Waals surface area contributed by atoms with Gasteiger partial charge in [0.15, 0.2) is 0 Å². The van der Waals surface area contributed by atoms with Crippen molar-refractivity contribution in [1.29, 1.82) is 0 Å². The Morgan fingerprint density at radius 1 is 1.31 bits per heavy atom. The van der Waals surface area contributed by atoms with Crippen LogP contribution in [0.3, 0.4) is 0 Å². The van der Waals surface area contributed by atoms with Gasteiger partial charge >= 0.3 is 5.69 Å². The van der Waals surface area contributed by atoms with Gasteiger partial charge in [-0.15, -0.1) is 0 Å². The van der Waals surface area contributed by atoms with E-state index in [4.69, 9.17) is 4.74 Å². The Morgan fingerprint density at radius 2 is 2.17 bits per heavy atom. The van der Waals surface area contributed by atoms with Gasteiger partial charge in [-0.1, -0.05) is 6.07 Å². The van der Waals surface area contributed by atoms with Crippen molar-refractivity contribution >= 4 is 0 Å². The summed E-state index contributed by atoms with van der Waals surface area (Å²) in [6.45, 7) is 2.26. The van der Waals surface area contributed by atoms with E-state index in [9.17, 15) is 4.79 Å². The van der Waals surface area contributed by atoms with E-state index in [-0.39, 0.29) is 5.69 Å². The largest absolute Gasteiger partial charge is 0.496 e. The lowest BCUT2D eigenvalue weighted by atomic mass is 10.0. The Hall–Kier alpha value is -2.87. The molecule has 2 aromatic heterocycles. The summed E-state index contributed by atoms with van der Waals surface area (Å²) in [7, 11) is 5.58. The van der Waals surface area contributed by atoms with Gasteiger partial charge in [-0.05, 0) is 43.7 Å². The number of rotatable bonds is 6. The van der Waals surface area contributed by atoms with Crippen LogP contribution in [0.2, 0.25) is 0 Å². The predicted molar refractivity (Wildman–Crippen MR) is 110 cm³/mol. The molecule has 0 amide bonds. The fraction of sp³-hybridized carbons (Fsp3) is 0.476. The number of aryl methyl sites for hydroxylation is 2. The maximum atomic E-state index is 12.2. The second kappa shape index (κ2) is 8.24. The Bertz CT molecular complexity index is 1020. The molecule has 0 bridgehead atoms. The average Bonchev–Trinajstić information content (AvgIpc) is 3.24. The van der Waals surface area contributed by atoms with Gasteiger partial charge in [0.2, 0.25) is 0 Å². The third kappa shape index (κ3) is 4.12. The van der Waals surface area contributed by atoms with Crippen molar-refractivity contribution in [3.8, 4) is 5.75 Å². The van der Waals surface area contributed by atoms with Crippen molar-refractivity contribution in [2.45, 2.75) is 44.9 Å². The highest BCUT2D eigenvalue weighted by Crippen LogP contribution is 2.23. The minimum absolute atomic E-state index is 0.0123. The lowest BCUT2D eigenvalue weighted by molar-refractivity contribution is 0.210. The number of methoxy groups -OCH3 is 1. The van der Waals surface area contributed by atoms with Crippen molar-refractivity contribution in [3.63, 3.8) is 0 Å². The van der Waals surface area contributed by atoms with Crippen molar-refractivity contribution in [2.24, 2.45) is 7.05 Å². The molecule has 0 saturated carbocycles. The molecule has 1 atom stereocenters. The Labute approximate surface area is 170 Å². The molecular weight excluding hydrogens is 368 g/mol. The SMILES string of the molecule is COc1ccc(CN(C)[C@H]2CCc3nn(C)c(=O)n3CC2)cc1Cn1cccn1. The predicted octanol–water partition coefficient (Wildman–Crippen LogP) is 1.67. The highest BCUT2D eigenvalue weighted by atomic mass is 16.5. The van der Waals surface area contributed by atoms with Gasteiger partial charge in [0.05, 0.1) is 13.7 Å². The standard InChI is InChI=1S/C21H28N6O2/c1-24(18-6-8-20-23-25(2)21(28)27(20)12-9-18)14-16-5-7-19(29-3)17(13-16)15-26-11-4-10-22-26/h4-5,7,10-11,13,18H,6,8-9,12,14-15H2,1-3H3/t18-/m0/s1. The van der Waals surface area contributed by atoms with Crippen molar-refractivity contribution in [2.75, 3.05) is 14.2 Å². The molecule has 0 unspecified atom stereocenters. The molecule has 29 heavy (non-hydrogen) atoms. The number of hydrogen-bond donors (Lipinski definition) is 0. The number of benzene rings is 1. The summed E-state index contributed by atoms with van der Waals surface area (Å²) in [6.07, 6.45) is 6.53. The number of aromatic nitrogens is 5. The van der Waals surface area contributed by atoms with Crippen LogP contribution < -0.4 is 10.4 Å². The first-order valence-corrected chi connectivity index (χ1v) is 10.0. The third-order valence-corrected chi connectivity index (χ3v) is 5.76. The molecule has 8 nitrogen and oxygen atoms in total. The molecule has 154 valence electrons. The first-order chi connectivity index (χ1) is 14.0. The van der Waals surface area contributed by atoms with Crippen molar-refractivity contribution in [1.82, 2.24) is 29.0 Å². The van der Waals surface area contributed by atoms with E-state index < -0.39 is 0 Å². The van der Waals surface area contributed by atoms with Crippen molar-refractivity contribution in [3.05, 3.63) is 64.1 Å². The zero-order chi connectivity index (χ0) is 20.4. The van der Waals surface area contributed by atoms with Crippen LogP contribution in [0.25, 0.3) is 0 Å². The molecule has 1 aliphatic rings. The van der Waals surface area contributed by atoms with Gasteiger partial charge in [0.1, 0.15) is 11.6 Å². The van der Waals surface area contributed by atoms with Crippen LogP contribution in [0, 0.1) is 0 Å². The topological polar surface area (TPSA) is 70.1 Å². The van der Waals surface area contributed by atoms with Crippen LogP contribution in [0.15, 0.2) is 41.5 Å². The summed E-state index contributed by atoms with van der Waals surface area (Å²) in [5, 5.41) is 8.69. The molecule has 8 heteroatoms. The highest BCUT2D eigenvalue weighted by molar-refractivity contribution is 5.37. The molecular formula is C21H28N6O2. The van der Waals surface area contributed by atoms with Crippen LogP contribution >= 0.6 is 0 Å². The molecule has 0 aliphatic carbocycles. The Kier molecular flexibility index (Phi) is 5.53. The molecule has 0 saturated heterocycles. The number of ether oxygens (including phenoxy) is 1. The van der Waals surface area contributed by atoms with Gasteiger partial charge in [-0.3, -0.25) is 14.1 Å². The first kappa shape index (κ1) is 19.4. The van der Waals surface area contributed by atoms with E-state index >= 15 is 0 Å².